The van der Waals surface area contributed by atoms with Crippen molar-refractivity contribution in [3.63, 3.8) is 0 Å². The molecule has 0 heterocycles. The molecule has 1 saturated carbocycles. The third-order valence-electron chi connectivity index (χ3n) is 4.22. The van der Waals surface area contributed by atoms with E-state index >= 15 is 0 Å². The number of hydrogen-bond donors (Lipinski definition) is 2. The zero-order valence-corrected chi connectivity index (χ0v) is 12.4. The average molecular weight is 269 g/mol. The van der Waals surface area contributed by atoms with E-state index in [1.807, 2.05) is 13.8 Å². The predicted molar refractivity (Wildman–Crippen MR) is 74.8 cm³/mol. The van der Waals surface area contributed by atoms with Crippen LogP contribution in [0.3, 0.4) is 0 Å². The molecule has 0 radical (unpaired) electrons. The van der Waals surface area contributed by atoms with E-state index in [-0.39, 0.29) is 17.7 Å². The van der Waals surface area contributed by atoms with Crippen LogP contribution in [0.2, 0.25) is 0 Å². The summed E-state index contributed by atoms with van der Waals surface area (Å²) in [5.41, 5.74) is -1.02. The van der Waals surface area contributed by atoms with E-state index in [1.54, 1.807) is 0 Å². The first kappa shape index (κ1) is 16.0. The molecule has 19 heavy (non-hydrogen) atoms. The Morgan fingerprint density at radius 3 is 2.21 bits per heavy atom. The van der Waals surface area contributed by atoms with Crippen molar-refractivity contribution < 1.29 is 14.7 Å². The van der Waals surface area contributed by atoms with Gasteiger partial charge in [0.2, 0.25) is 5.91 Å². The lowest BCUT2D eigenvalue weighted by Gasteiger charge is -2.35. The highest BCUT2D eigenvalue weighted by molar-refractivity contribution is 5.88. The maximum absolute atomic E-state index is 12.4. The molecule has 2 N–H and O–H groups in total. The van der Waals surface area contributed by atoms with Crippen LogP contribution in [0.1, 0.15) is 65.7 Å². The summed E-state index contributed by atoms with van der Waals surface area (Å²) in [6.07, 6.45) is 5.71. The van der Waals surface area contributed by atoms with E-state index in [0.717, 1.165) is 32.1 Å². The second-order valence-electron chi connectivity index (χ2n) is 6.08. The van der Waals surface area contributed by atoms with E-state index in [9.17, 15) is 14.7 Å². The molecule has 0 aromatic rings. The summed E-state index contributed by atoms with van der Waals surface area (Å²) < 4.78 is 0. The highest BCUT2D eigenvalue weighted by Gasteiger charge is 2.42. The largest absolute Gasteiger partial charge is 0.480 e. The summed E-state index contributed by atoms with van der Waals surface area (Å²) in [4.78, 5) is 23.9. The van der Waals surface area contributed by atoms with Crippen molar-refractivity contribution in [2.75, 3.05) is 0 Å². The Morgan fingerprint density at radius 1 is 1.21 bits per heavy atom. The summed E-state index contributed by atoms with van der Waals surface area (Å²) in [7, 11) is 0. The summed E-state index contributed by atoms with van der Waals surface area (Å²) in [6, 6.07) is 0. The molecule has 1 aliphatic rings. The number of carbonyl (C=O) groups excluding carboxylic acids is 1. The molecule has 1 unspecified atom stereocenters. The van der Waals surface area contributed by atoms with Crippen LogP contribution in [0.4, 0.5) is 0 Å². The number of carboxylic acid groups (broad SMARTS) is 1. The van der Waals surface area contributed by atoms with E-state index in [0.29, 0.717) is 12.8 Å². The molecule has 1 aliphatic carbocycles. The third-order valence-corrected chi connectivity index (χ3v) is 4.22. The van der Waals surface area contributed by atoms with Crippen molar-refractivity contribution >= 4 is 11.9 Å². The first-order chi connectivity index (χ1) is 8.93. The lowest BCUT2D eigenvalue weighted by Crippen LogP contribution is -2.57. The zero-order valence-electron chi connectivity index (χ0n) is 12.4. The molecule has 1 amide bonds. The normalized spacial score (nSPS) is 20.0. The number of carbonyl (C=O) groups is 2. The van der Waals surface area contributed by atoms with Crippen LogP contribution in [0.5, 0.6) is 0 Å². The molecule has 110 valence electrons. The highest BCUT2D eigenvalue weighted by atomic mass is 16.4. The highest BCUT2D eigenvalue weighted by Crippen LogP contribution is 2.29. The van der Waals surface area contributed by atoms with Crippen molar-refractivity contribution in [2.24, 2.45) is 11.8 Å². The monoisotopic (exact) mass is 269 g/mol. The van der Waals surface area contributed by atoms with Gasteiger partial charge in [-0.05, 0) is 25.2 Å². The molecule has 0 aromatic heterocycles. The molecule has 0 aliphatic heterocycles. The van der Waals surface area contributed by atoms with E-state index in [1.165, 1.54) is 0 Å². The van der Waals surface area contributed by atoms with Gasteiger partial charge in [0, 0.05) is 5.92 Å². The van der Waals surface area contributed by atoms with Crippen molar-refractivity contribution in [3.8, 4) is 0 Å². The van der Waals surface area contributed by atoms with Gasteiger partial charge in [0.25, 0.3) is 0 Å². The molecular weight excluding hydrogens is 242 g/mol. The van der Waals surface area contributed by atoms with Crippen LogP contribution in [-0.4, -0.2) is 22.5 Å². The van der Waals surface area contributed by atoms with Crippen molar-refractivity contribution in [2.45, 2.75) is 71.3 Å². The standard InChI is InChI=1S/C15H27NO3/c1-4-8-12(11(2)3)13(17)16-15(14(18)19)9-6-5-7-10-15/h11-12H,4-10H2,1-3H3,(H,16,17)(H,18,19). The zero-order chi connectivity index (χ0) is 14.5. The number of aliphatic carboxylic acids is 1. The minimum atomic E-state index is -1.02. The minimum absolute atomic E-state index is 0.0804. The quantitative estimate of drug-likeness (QED) is 0.779. The smallest absolute Gasteiger partial charge is 0.329 e. The van der Waals surface area contributed by atoms with Crippen LogP contribution in [0.15, 0.2) is 0 Å². The number of hydrogen-bond acceptors (Lipinski definition) is 2. The summed E-state index contributed by atoms with van der Waals surface area (Å²) in [5.74, 6) is -0.793. The third kappa shape index (κ3) is 3.95. The van der Waals surface area contributed by atoms with Gasteiger partial charge in [0.05, 0.1) is 0 Å². The van der Waals surface area contributed by atoms with Gasteiger partial charge in [-0.1, -0.05) is 46.5 Å². The Bertz CT molecular complexity index is 319. The second-order valence-corrected chi connectivity index (χ2v) is 6.08. The Hall–Kier alpha value is -1.06. The summed E-state index contributed by atoms with van der Waals surface area (Å²) in [5, 5.41) is 12.3. The van der Waals surface area contributed by atoms with Crippen LogP contribution < -0.4 is 5.32 Å². The summed E-state index contributed by atoms with van der Waals surface area (Å²) in [6.45, 7) is 6.10. The van der Waals surface area contributed by atoms with Crippen molar-refractivity contribution in [1.29, 1.82) is 0 Å². The molecule has 1 atom stereocenters. The van der Waals surface area contributed by atoms with Gasteiger partial charge in [-0.15, -0.1) is 0 Å². The van der Waals surface area contributed by atoms with Crippen LogP contribution >= 0.6 is 0 Å². The molecule has 0 aromatic carbocycles. The maximum Gasteiger partial charge on any atom is 0.329 e. The van der Waals surface area contributed by atoms with Crippen LogP contribution in [0, 0.1) is 11.8 Å². The van der Waals surface area contributed by atoms with Gasteiger partial charge < -0.3 is 10.4 Å². The lowest BCUT2D eigenvalue weighted by molar-refractivity contribution is -0.150. The van der Waals surface area contributed by atoms with Crippen LogP contribution in [-0.2, 0) is 9.59 Å². The van der Waals surface area contributed by atoms with Gasteiger partial charge >= 0.3 is 5.97 Å². The average Bonchev–Trinajstić information content (AvgIpc) is 2.36. The molecule has 0 spiro atoms. The fourth-order valence-corrected chi connectivity index (χ4v) is 2.95. The van der Waals surface area contributed by atoms with E-state index < -0.39 is 11.5 Å². The van der Waals surface area contributed by atoms with E-state index in [4.69, 9.17) is 0 Å². The predicted octanol–water partition coefficient (Wildman–Crippen LogP) is 2.96. The minimum Gasteiger partial charge on any atom is -0.480 e. The topological polar surface area (TPSA) is 66.4 Å². The molecule has 0 saturated heterocycles. The molecule has 1 fully saturated rings. The first-order valence-electron chi connectivity index (χ1n) is 7.48. The molecule has 1 rings (SSSR count). The number of nitrogens with one attached hydrogen (secondary N) is 1. The maximum atomic E-state index is 12.4. The first-order valence-corrected chi connectivity index (χ1v) is 7.48. The summed E-state index contributed by atoms with van der Waals surface area (Å²) >= 11 is 0. The second kappa shape index (κ2) is 6.92. The molecule has 4 heteroatoms. The van der Waals surface area contributed by atoms with Crippen LogP contribution in [0.25, 0.3) is 0 Å². The molecule has 0 bridgehead atoms. The van der Waals surface area contributed by atoms with Crippen molar-refractivity contribution in [3.05, 3.63) is 0 Å². The number of amides is 1. The number of rotatable bonds is 6. The fraction of sp³-hybridized carbons (Fsp3) is 0.867. The Labute approximate surface area is 116 Å². The van der Waals surface area contributed by atoms with Gasteiger partial charge in [-0.2, -0.15) is 0 Å². The van der Waals surface area contributed by atoms with Crippen molar-refractivity contribution in [1.82, 2.24) is 5.32 Å². The van der Waals surface area contributed by atoms with Gasteiger partial charge in [0.1, 0.15) is 5.54 Å². The SMILES string of the molecule is CCCC(C(=O)NC1(C(=O)O)CCCCC1)C(C)C. The number of carboxylic acids is 1. The van der Waals surface area contributed by atoms with Gasteiger partial charge in [-0.25, -0.2) is 4.79 Å². The van der Waals surface area contributed by atoms with E-state index in [2.05, 4.69) is 12.2 Å². The lowest BCUT2D eigenvalue weighted by atomic mass is 9.80. The Morgan fingerprint density at radius 2 is 1.79 bits per heavy atom. The fourth-order valence-electron chi connectivity index (χ4n) is 2.95. The van der Waals surface area contributed by atoms with Gasteiger partial charge in [-0.3, -0.25) is 4.79 Å². The molecular formula is C15H27NO3. The van der Waals surface area contributed by atoms with Gasteiger partial charge in [0.15, 0.2) is 0 Å². The Kier molecular flexibility index (Phi) is 5.83. The Balaban J connectivity index is 2.78. The molecule has 4 nitrogen and oxygen atoms in total.